The van der Waals surface area contributed by atoms with E-state index in [2.05, 4.69) is 5.10 Å². The maximum atomic E-state index is 12.9. The molecule has 130 valence electrons. The lowest BCUT2D eigenvalue weighted by atomic mass is 10.2. The van der Waals surface area contributed by atoms with Crippen molar-refractivity contribution in [3.05, 3.63) is 41.2 Å². The molecular formula is C15H16F3N3O3. The van der Waals surface area contributed by atoms with E-state index in [1.165, 1.54) is 0 Å². The molecule has 0 fully saturated rings. The summed E-state index contributed by atoms with van der Waals surface area (Å²) in [5, 5.41) is 14.3. The Morgan fingerprint density at radius 2 is 2.04 bits per heavy atom. The molecule has 0 aliphatic carbocycles. The Hall–Kier alpha value is -2.71. The van der Waals surface area contributed by atoms with Gasteiger partial charge in [0.15, 0.2) is 5.69 Å². The smallest absolute Gasteiger partial charge is 0.435 e. The first kappa shape index (κ1) is 17.6. The first-order chi connectivity index (χ1) is 11.2. The molecule has 0 spiro atoms. The Morgan fingerprint density at radius 1 is 1.33 bits per heavy atom. The molecule has 1 amide bonds. The van der Waals surface area contributed by atoms with E-state index in [9.17, 15) is 18.0 Å². The number of carboxylic acid groups (broad SMARTS) is 1. The Labute approximate surface area is 135 Å². The number of halogens is 3. The van der Waals surface area contributed by atoms with Crippen LogP contribution in [0.25, 0.3) is 5.69 Å². The molecule has 2 aromatic rings. The predicted molar refractivity (Wildman–Crippen MR) is 79.3 cm³/mol. The zero-order valence-corrected chi connectivity index (χ0v) is 13.0. The van der Waals surface area contributed by atoms with Gasteiger partial charge in [0.1, 0.15) is 5.75 Å². The Kier molecular flexibility index (Phi) is 5.01. The summed E-state index contributed by atoms with van der Waals surface area (Å²) in [6.07, 6.45) is -5.97. The fourth-order valence-electron chi connectivity index (χ4n) is 2.17. The van der Waals surface area contributed by atoms with E-state index in [0.717, 1.165) is 16.3 Å². The molecule has 0 unspecified atom stereocenters. The van der Waals surface area contributed by atoms with Gasteiger partial charge in [0.2, 0.25) is 0 Å². The minimum atomic E-state index is -4.63. The Bertz CT molecular complexity index is 741. The number of carbonyl (C=O) groups is 1. The first-order valence-electron chi connectivity index (χ1n) is 7.08. The summed E-state index contributed by atoms with van der Waals surface area (Å²) < 4.78 is 45.3. The molecule has 6 nitrogen and oxygen atoms in total. The van der Waals surface area contributed by atoms with Crippen LogP contribution in [0.5, 0.6) is 5.75 Å². The third-order valence-electron chi connectivity index (χ3n) is 3.09. The van der Waals surface area contributed by atoms with Gasteiger partial charge in [0, 0.05) is 6.07 Å². The number of ether oxygens (including phenoxy) is 1. The third kappa shape index (κ3) is 4.18. The summed E-state index contributed by atoms with van der Waals surface area (Å²) in [6, 6.07) is 5.75. The van der Waals surface area contributed by atoms with Crippen molar-refractivity contribution in [2.45, 2.75) is 26.6 Å². The molecular weight excluding hydrogens is 327 g/mol. The molecule has 1 aromatic heterocycles. The average Bonchev–Trinajstić information content (AvgIpc) is 2.89. The predicted octanol–water partition coefficient (Wildman–Crippen LogP) is 3.37. The van der Waals surface area contributed by atoms with Crippen molar-refractivity contribution in [1.82, 2.24) is 15.1 Å². The van der Waals surface area contributed by atoms with Gasteiger partial charge >= 0.3 is 12.3 Å². The normalized spacial score (nSPS) is 11.4. The zero-order chi connectivity index (χ0) is 17.9. The molecule has 24 heavy (non-hydrogen) atoms. The van der Waals surface area contributed by atoms with Crippen LogP contribution in [0.4, 0.5) is 18.0 Å². The number of nitrogens with zero attached hydrogens (tertiary/aromatic N) is 2. The fraction of sp³-hybridized carbons (Fsp3) is 0.333. The van der Waals surface area contributed by atoms with Gasteiger partial charge in [-0.15, -0.1) is 0 Å². The second-order valence-corrected chi connectivity index (χ2v) is 5.03. The number of alkyl halides is 3. The molecule has 1 heterocycles. The number of aryl methyl sites for hydroxylation is 1. The molecule has 0 atom stereocenters. The topological polar surface area (TPSA) is 76.4 Å². The van der Waals surface area contributed by atoms with Crippen LogP contribution in [0.2, 0.25) is 0 Å². The van der Waals surface area contributed by atoms with Crippen molar-refractivity contribution in [2.24, 2.45) is 0 Å². The van der Waals surface area contributed by atoms with E-state index < -0.39 is 18.0 Å². The second-order valence-electron chi connectivity index (χ2n) is 5.03. The van der Waals surface area contributed by atoms with E-state index in [0.29, 0.717) is 18.0 Å². The number of amides is 1. The van der Waals surface area contributed by atoms with Crippen LogP contribution in [0.15, 0.2) is 24.3 Å². The molecule has 0 saturated heterocycles. The van der Waals surface area contributed by atoms with Gasteiger partial charge in [-0.2, -0.15) is 18.3 Å². The monoisotopic (exact) mass is 343 g/mol. The number of hydrogen-bond donors (Lipinski definition) is 2. The number of hydrogen-bond acceptors (Lipinski definition) is 3. The van der Waals surface area contributed by atoms with Crippen LogP contribution in [-0.4, -0.2) is 27.6 Å². The van der Waals surface area contributed by atoms with Crippen LogP contribution < -0.4 is 10.1 Å². The number of rotatable bonds is 5. The van der Waals surface area contributed by atoms with Crippen molar-refractivity contribution in [3.63, 3.8) is 0 Å². The molecule has 0 bridgehead atoms. The van der Waals surface area contributed by atoms with Gasteiger partial charge in [-0.25, -0.2) is 9.48 Å². The van der Waals surface area contributed by atoms with Crippen molar-refractivity contribution in [1.29, 1.82) is 0 Å². The molecule has 0 saturated carbocycles. The highest BCUT2D eigenvalue weighted by atomic mass is 19.4. The standard InChI is InChI=1S/C15H16F3N3O3/c1-3-24-12-5-9(2)4-10(6-12)21-11(8-19-14(22)23)7-13(20-21)15(16,17)18/h4-7,19H,3,8H2,1-2H3,(H,22,23). The van der Waals surface area contributed by atoms with Crippen molar-refractivity contribution >= 4 is 6.09 Å². The van der Waals surface area contributed by atoms with Crippen molar-refractivity contribution in [2.75, 3.05) is 6.61 Å². The molecule has 1 aromatic carbocycles. The van der Waals surface area contributed by atoms with E-state index >= 15 is 0 Å². The Morgan fingerprint density at radius 3 is 2.62 bits per heavy atom. The highest BCUT2D eigenvalue weighted by Gasteiger charge is 2.35. The molecule has 2 N–H and O–H groups in total. The van der Waals surface area contributed by atoms with E-state index in [1.54, 1.807) is 32.0 Å². The van der Waals surface area contributed by atoms with Crippen LogP contribution in [0, 0.1) is 6.92 Å². The molecule has 2 rings (SSSR count). The molecule has 0 aliphatic rings. The summed E-state index contributed by atoms with van der Waals surface area (Å²) in [5.41, 5.74) is 0.107. The lowest BCUT2D eigenvalue weighted by Crippen LogP contribution is -2.21. The van der Waals surface area contributed by atoms with Gasteiger partial charge in [0.25, 0.3) is 0 Å². The zero-order valence-electron chi connectivity index (χ0n) is 13.0. The van der Waals surface area contributed by atoms with Crippen LogP contribution in [-0.2, 0) is 12.7 Å². The van der Waals surface area contributed by atoms with Crippen LogP contribution >= 0.6 is 0 Å². The van der Waals surface area contributed by atoms with Crippen LogP contribution in [0.1, 0.15) is 23.9 Å². The molecule has 9 heteroatoms. The summed E-state index contributed by atoms with van der Waals surface area (Å²) in [4.78, 5) is 10.6. The SMILES string of the molecule is CCOc1cc(C)cc(-n2nc(C(F)(F)F)cc2CNC(=O)O)c1. The van der Waals surface area contributed by atoms with Gasteiger partial charge in [-0.05, 0) is 37.6 Å². The van der Waals surface area contributed by atoms with Crippen LogP contribution in [0.3, 0.4) is 0 Å². The van der Waals surface area contributed by atoms with E-state index in [1.807, 2.05) is 5.32 Å². The summed E-state index contributed by atoms with van der Waals surface area (Å²) in [7, 11) is 0. The van der Waals surface area contributed by atoms with E-state index in [4.69, 9.17) is 9.84 Å². The van der Waals surface area contributed by atoms with Gasteiger partial charge < -0.3 is 15.2 Å². The third-order valence-corrected chi connectivity index (χ3v) is 3.09. The van der Waals surface area contributed by atoms with Crippen molar-refractivity contribution < 1.29 is 27.8 Å². The highest BCUT2D eigenvalue weighted by molar-refractivity contribution is 5.64. The first-order valence-corrected chi connectivity index (χ1v) is 7.08. The summed E-state index contributed by atoms with van der Waals surface area (Å²) in [5.74, 6) is 0.494. The minimum absolute atomic E-state index is 0.0674. The van der Waals surface area contributed by atoms with Gasteiger partial charge in [-0.3, -0.25) is 0 Å². The maximum Gasteiger partial charge on any atom is 0.435 e. The summed E-state index contributed by atoms with van der Waals surface area (Å²) >= 11 is 0. The van der Waals surface area contributed by atoms with E-state index in [-0.39, 0.29) is 12.2 Å². The quantitative estimate of drug-likeness (QED) is 0.873. The number of aromatic nitrogens is 2. The fourth-order valence-corrected chi connectivity index (χ4v) is 2.17. The van der Waals surface area contributed by atoms with Crippen molar-refractivity contribution in [3.8, 4) is 11.4 Å². The summed E-state index contributed by atoms with van der Waals surface area (Å²) in [6.45, 7) is 3.66. The lowest BCUT2D eigenvalue weighted by molar-refractivity contribution is -0.141. The molecule has 0 radical (unpaired) electrons. The average molecular weight is 343 g/mol. The largest absolute Gasteiger partial charge is 0.494 e. The van der Waals surface area contributed by atoms with Gasteiger partial charge in [0.05, 0.1) is 24.5 Å². The highest BCUT2D eigenvalue weighted by Crippen LogP contribution is 2.30. The minimum Gasteiger partial charge on any atom is -0.494 e. The molecule has 0 aliphatic heterocycles. The number of benzene rings is 1. The lowest BCUT2D eigenvalue weighted by Gasteiger charge is -2.11. The maximum absolute atomic E-state index is 12.9. The number of nitrogens with one attached hydrogen (secondary N) is 1. The van der Waals surface area contributed by atoms with Gasteiger partial charge in [-0.1, -0.05) is 0 Å². The Balaban J connectivity index is 2.50. The second kappa shape index (κ2) is 6.81.